The van der Waals surface area contributed by atoms with Crippen LogP contribution in [-0.4, -0.2) is 18.8 Å². The molecule has 0 aliphatic carbocycles. The van der Waals surface area contributed by atoms with Gasteiger partial charge in [0.25, 0.3) is 0 Å². The van der Waals surface area contributed by atoms with Crippen LogP contribution in [0.4, 0.5) is 0 Å². The average molecular weight is 237 g/mol. The number of ether oxygens (including phenoxy) is 1. The molecule has 0 aromatic heterocycles. The van der Waals surface area contributed by atoms with E-state index in [4.69, 9.17) is 10.5 Å². The van der Waals surface area contributed by atoms with Crippen LogP contribution in [0.5, 0.6) is 0 Å². The van der Waals surface area contributed by atoms with Gasteiger partial charge in [-0.25, -0.2) is 0 Å². The van der Waals surface area contributed by atoms with Crippen LogP contribution in [0, 0.1) is 17.3 Å². The van der Waals surface area contributed by atoms with Gasteiger partial charge in [-0.3, -0.25) is 0 Å². The Hall–Kier alpha value is -0.520. The second-order valence-electron chi connectivity index (χ2n) is 6.08. The molecule has 2 atom stereocenters. The van der Waals surface area contributed by atoms with Crippen LogP contribution in [0.25, 0.3) is 0 Å². The number of nitrogens with two attached hydrogens (primary N) is 1. The molecule has 1 saturated heterocycles. The quantitative estimate of drug-likeness (QED) is 0.763. The topological polar surface area (TPSA) is 35.2 Å². The third kappa shape index (κ3) is 7.41. The second-order valence-corrected chi connectivity index (χ2v) is 6.08. The Labute approximate surface area is 106 Å². The molecule has 0 aromatic carbocycles. The summed E-state index contributed by atoms with van der Waals surface area (Å²) in [5.74, 6) is 6.43. The molecule has 0 spiro atoms. The molecular weight excluding hydrogens is 210 g/mol. The summed E-state index contributed by atoms with van der Waals surface area (Å²) in [6.45, 7) is 7.31. The largest absolute Gasteiger partial charge is 0.378 e. The molecule has 2 nitrogen and oxygen atoms in total. The molecule has 1 heterocycles. The van der Waals surface area contributed by atoms with Crippen molar-refractivity contribution in [2.24, 2.45) is 11.1 Å². The van der Waals surface area contributed by atoms with Gasteiger partial charge in [0.05, 0.1) is 6.10 Å². The van der Waals surface area contributed by atoms with Gasteiger partial charge in [0, 0.05) is 24.5 Å². The zero-order valence-corrected chi connectivity index (χ0v) is 11.6. The van der Waals surface area contributed by atoms with Gasteiger partial charge in [-0.1, -0.05) is 5.92 Å². The van der Waals surface area contributed by atoms with Gasteiger partial charge in [0.2, 0.25) is 0 Å². The van der Waals surface area contributed by atoms with E-state index in [-0.39, 0.29) is 11.5 Å². The number of rotatable bonds is 4. The van der Waals surface area contributed by atoms with Gasteiger partial charge >= 0.3 is 0 Å². The first kappa shape index (κ1) is 14.5. The third-order valence-electron chi connectivity index (χ3n) is 2.96. The first-order chi connectivity index (χ1) is 7.97. The SMILES string of the molecule is CC(C)(C)C#CCC(N)CCC1CCCCO1. The van der Waals surface area contributed by atoms with Gasteiger partial charge in [-0.15, -0.1) is 5.92 Å². The fraction of sp³-hybridized carbons (Fsp3) is 0.867. The maximum atomic E-state index is 6.06. The highest BCUT2D eigenvalue weighted by atomic mass is 16.5. The van der Waals surface area contributed by atoms with Crippen LogP contribution in [0.15, 0.2) is 0 Å². The molecular formula is C15H27NO. The second kappa shape index (κ2) is 7.03. The summed E-state index contributed by atoms with van der Waals surface area (Å²) in [6.07, 6.45) is 7.13. The van der Waals surface area contributed by atoms with Crippen molar-refractivity contribution in [3.05, 3.63) is 0 Å². The lowest BCUT2D eigenvalue weighted by Gasteiger charge is -2.23. The molecule has 2 unspecified atom stereocenters. The Morgan fingerprint density at radius 2 is 2.12 bits per heavy atom. The monoisotopic (exact) mass is 237 g/mol. The molecule has 1 rings (SSSR count). The van der Waals surface area contributed by atoms with Crippen LogP contribution < -0.4 is 5.73 Å². The average Bonchev–Trinajstić information content (AvgIpc) is 2.26. The van der Waals surface area contributed by atoms with Crippen molar-refractivity contribution < 1.29 is 4.74 Å². The van der Waals surface area contributed by atoms with E-state index in [1.54, 1.807) is 0 Å². The van der Waals surface area contributed by atoms with E-state index in [1.807, 2.05) is 0 Å². The van der Waals surface area contributed by atoms with Gasteiger partial charge < -0.3 is 10.5 Å². The van der Waals surface area contributed by atoms with E-state index in [0.717, 1.165) is 25.9 Å². The zero-order valence-electron chi connectivity index (χ0n) is 11.6. The first-order valence-corrected chi connectivity index (χ1v) is 6.84. The van der Waals surface area contributed by atoms with Crippen LogP contribution in [0.2, 0.25) is 0 Å². The lowest BCUT2D eigenvalue weighted by molar-refractivity contribution is 0.00921. The minimum Gasteiger partial charge on any atom is -0.378 e. The van der Waals surface area contributed by atoms with Crippen molar-refractivity contribution in [3.63, 3.8) is 0 Å². The molecule has 0 radical (unpaired) electrons. The summed E-state index contributed by atoms with van der Waals surface area (Å²) in [4.78, 5) is 0. The van der Waals surface area contributed by atoms with E-state index in [1.165, 1.54) is 19.3 Å². The molecule has 0 bridgehead atoms. The molecule has 98 valence electrons. The van der Waals surface area contributed by atoms with E-state index >= 15 is 0 Å². The molecule has 1 fully saturated rings. The van der Waals surface area contributed by atoms with Crippen molar-refractivity contribution in [2.45, 2.75) is 71.4 Å². The van der Waals surface area contributed by atoms with E-state index in [0.29, 0.717) is 6.10 Å². The Morgan fingerprint density at radius 3 is 2.71 bits per heavy atom. The summed E-state index contributed by atoms with van der Waals surface area (Å²) in [5, 5.41) is 0. The number of hydrogen-bond acceptors (Lipinski definition) is 2. The van der Waals surface area contributed by atoms with E-state index in [2.05, 4.69) is 32.6 Å². The van der Waals surface area contributed by atoms with Crippen LogP contribution in [0.3, 0.4) is 0 Å². The third-order valence-corrected chi connectivity index (χ3v) is 2.96. The molecule has 2 heteroatoms. The van der Waals surface area contributed by atoms with Gasteiger partial charge in [0.1, 0.15) is 0 Å². The number of hydrogen-bond donors (Lipinski definition) is 1. The van der Waals surface area contributed by atoms with Crippen molar-refractivity contribution in [2.75, 3.05) is 6.61 Å². The predicted octanol–water partition coefficient (Wildman–Crippen LogP) is 3.10. The highest BCUT2D eigenvalue weighted by Gasteiger charge is 2.14. The van der Waals surface area contributed by atoms with Crippen molar-refractivity contribution in [1.29, 1.82) is 0 Å². The normalized spacial score (nSPS) is 22.7. The minimum atomic E-state index is 0.0895. The van der Waals surface area contributed by atoms with Crippen LogP contribution in [-0.2, 0) is 4.74 Å². The Kier molecular flexibility index (Phi) is 6.02. The highest BCUT2D eigenvalue weighted by Crippen LogP contribution is 2.18. The maximum Gasteiger partial charge on any atom is 0.0575 e. The highest BCUT2D eigenvalue weighted by molar-refractivity contribution is 5.08. The zero-order chi connectivity index (χ0) is 12.7. The Morgan fingerprint density at radius 1 is 1.35 bits per heavy atom. The fourth-order valence-electron chi connectivity index (χ4n) is 1.98. The van der Waals surface area contributed by atoms with Crippen molar-refractivity contribution in [3.8, 4) is 11.8 Å². The lowest BCUT2D eigenvalue weighted by atomic mass is 9.96. The van der Waals surface area contributed by atoms with Crippen LogP contribution in [0.1, 0.15) is 59.3 Å². The molecule has 0 aromatic rings. The summed E-state index contributed by atoms with van der Waals surface area (Å²) in [6, 6.07) is 0.204. The van der Waals surface area contributed by atoms with Crippen LogP contribution >= 0.6 is 0 Å². The smallest absolute Gasteiger partial charge is 0.0575 e. The molecule has 0 saturated carbocycles. The van der Waals surface area contributed by atoms with E-state index < -0.39 is 0 Å². The molecule has 0 amide bonds. The van der Waals surface area contributed by atoms with Gasteiger partial charge in [-0.2, -0.15) is 0 Å². The summed E-state index contributed by atoms with van der Waals surface area (Å²) in [5.41, 5.74) is 6.15. The molecule has 17 heavy (non-hydrogen) atoms. The predicted molar refractivity (Wildman–Crippen MR) is 72.6 cm³/mol. The summed E-state index contributed by atoms with van der Waals surface area (Å²) in [7, 11) is 0. The molecule has 1 aliphatic rings. The van der Waals surface area contributed by atoms with E-state index in [9.17, 15) is 0 Å². The Balaban J connectivity index is 2.15. The van der Waals surface area contributed by atoms with Gasteiger partial charge in [0.15, 0.2) is 0 Å². The maximum absolute atomic E-state index is 6.06. The fourth-order valence-corrected chi connectivity index (χ4v) is 1.98. The van der Waals surface area contributed by atoms with Crippen molar-refractivity contribution in [1.82, 2.24) is 0 Å². The molecule has 1 aliphatic heterocycles. The van der Waals surface area contributed by atoms with Gasteiger partial charge in [-0.05, 0) is 52.9 Å². The first-order valence-electron chi connectivity index (χ1n) is 6.84. The lowest BCUT2D eigenvalue weighted by Crippen LogP contribution is -2.25. The summed E-state index contributed by atoms with van der Waals surface area (Å²) < 4.78 is 5.70. The molecule has 2 N–H and O–H groups in total. The summed E-state index contributed by atoms with van der Waals surface area (Å²) >= 11 is 0. The minimum absolute atomic E-state index is 0.0895. The van der Waals surface area contributed by atoms with Crippen molar-refractivity contribution >= 4 is 0 Å². The standard InChI is InChI=1S/C15H27NO/c1-15(2,3)11-6-7-13(16)9-10-14-8-4-5-12-17-14/h13-14H,4-5,7-10,12,16H2,1-3H3. The Bertz CT molecular complexity index is 263.